The van der Waals surface area contributed by atoms with Gasteiger partial charge in [0.1, 0.15) is 5.75 Å². The number of ether oxygens (including phenoxy) is 1. The normalized spacial score (nSPS) is 19.4. The minimum atomic E-state index is -2.78. The maximum absolute atomic E-state index is 12.3. The van der Waals surface area contributed by atoms with Gasteiger partial charge in [-0.2, -0.15) is 8.78 Å². The Bertz CT molecular complexity index is 700. The van der Waals surface area contributed by atoms with E-state index in [4.69, 9.17) is 0 Å². The van der Waals surface area contributed by atoms with E-state index in [1.165, 1.54) is 63.4 Å². The lowest BCUT2D eigenvalue weighted by Gasteiger charge is -2.28. The van der Waals surface area contributed by atoms with Crippen LogP contribution in [0.2, 0.25) is 0 Å². The molecule has 0 N–H and O–H groups in total. The molecule has 3 rings (SSSR count). The second-order valence-corrected chi connectivity index (χ2v) is 8.52. The first-order valence-corrected chi connectivity index (χ1v) is 11.3. The Balaban J connectivity index is 1.43. The summed E-state index contributed by atoms with van der Waals surface area (Å²) in [7, 11) is 0. The van der Waals surface area contributed by atoms with Crippen molar-refractivity contribution in [3.05, 3.63) is 54.1 Å². The summed E-state index contributed by atoms with van der Waals surface area (Å²) in [4.78, 5) is 0. The highest BCUT2D eigenvalue weighted by Crippen LogP contribution is 2.34. The fraction of sp³-hybridized carbons (Fsp3) is 0.538. The average Bonchev–Trinajstić information content (AvgIpc) is 2.74. The van der Waals surface area contributed by atoms with Crippen LogP contribution in [-0.4, -0.2) is 6.61 Å². The van der Waals surface area contributed by atoms with Crippen LogP contribution in [0.25, 0.3) is 11.1 Å². The summed E-state index contributed by atoms with van der Waals surface area (Å²) in [5, 5.41) is 0. The lowest BCUT2D eigenvalue weighted by atomic mass is 9.78. The number of halogens is 2. The number of hydrogen-bond donors (Lipinski definition) is 0. The molecule has 0 unspecified atom stereocenters. The number of hydrogen-bond acceptors (Lipinski definition) is 1. The maximum Gasteiger partial charge on any atom is 0.387 e. The highest BCUT2D eigenvalue weighted by molar-refractivity contribution is 5.64. The van der Waals surface area contributed by atoms with Crippen LogP contribution in [0, 0.1) is 11.8 Å². The summed E-state index contributed by atoms with van der Waals surface area (Å²) >= 11 is 0. The molecule has 0 bridgehead atoms. The molecular formula is C26H34F2O. The first-order valence-electron chi connectivity index (χ1n) is 11.3. The molecule has 0 atom stereocenters. The van der Waals surface area contributed by atoms with Gasteiger partial charge in [-0.05, 0) is 53.5 Å². The molecular weight excluding hydrogens is 366 g/mol. The highest BCUT2D eigenvalue weighted by Gasteiger charge is 2.20. The zero-order chi connectivity index (χ0) is 20.5. The van der Waals surface area contributed by atoms with Crippen LogP contribution in [0.5, 0.6) is 5.75 Å². The minimum Gasteiger partial charge on any atom is -0.435 e. The highest BCUT2D eigenvalue weighted by atomic mass is 19.3. The van der Waals surface area contributed by atoms with Crippen molar-refractivity contribution < 1.29 is 13.5 Å². The molecule has 0 aliphatic heterocycles. The van der Waals surface area contributed by atoms with Gasteiger partial charge in [-0.3, -0.25) is 0 Å². The van der Waals surface area contributed by atoms with E-state index in [1.807, 2.05) is 12.1 Å². The molecule has 0 radical (unpaired) electrons. The van der Waals surface area contributed by atoms with Crippen LogP contribution < -0.4 is 4.74 Å². The second kappa shape index (κ2) is 11.3. The van der Waals surface area contributed by atoms with Crippen molar-refractivity contribution in [2.45, 2.75) is 77.7 Å². The smallest absolute Gasteiger partial charge is 0.387 e. The molecule has 1 saturated carbocycles. The zero-order valence-corrected chi connectivity index (χ0v) is 17.6. The minimum absolute atomic E-state index is 0.195. The average molecular weight is 401 g/mol. The van der Waals surface area contributed by atoms with E-state index in [0.717, 1.165) is 29.4 Å². The van der Waals surface area contributed by atoms with Gasteiger partial charge in [0.2, 0.25) is 0 Å². The zero-order valence-electron chi connectivity index (χ0n) is 17.6. The summed E-state index contributed by atoms with van der Waals surface area (Å²) in [5.41, 5.74) is 3.50. The van der Waals surface area contributed by atoms with E-state index >= 15 is 0 Å². The number of unbranched alkanes of at least 4 members (excludes halogenated alkanes) is 2. The first-order chi connectivity index (χ1) is 14.1. The van der Waals surface area contributed by atoms with E-state index in [0.29, 0.717) is 0 Å². The maximum atomic E-state index is 12.3. The van der Waals surface area contributed by atoms with Gasteiger partial charge in [0.05, 0.1) is 0 Å². The fourth-order valence-corrected chi connectivity index (χ4v) is 4.56. The van der Waals surface area contributed by atoms with Gasteiger partial charge in [0.25, 0.3) is 0 Å². The number of alkyl halides is 2. The molecule has 1 nitrogen and oxygen atoms in total. The predicted octanol–water partition coefficient (Wildman–Crippen LogP) is 8.27. The SMILES string of the molecule is CCCCC[C@H]1CC[C@H](CCc2ccc(-c3ccc(OC(F)F)cc3)cc2)CC1. The van der Waals surface area contributed by atoms with E-state index < -0.39 is 6.61 Å². The Morgan fingerprint density at radius 1 is 0.793 bits per heavy atom. The molecule has 0 saturated heterocycles. The monoisotopic (exact) mass is 400 g/mol. The standard InChI is InChI=1S/C26H34F2O/c1-2-3-4-5-20-6-8-21(9-7-20)10-11-22-12-14-23(15-13-22)24-16-18-25(19-17-24)29-26(27)28/h12-21,26H,2-11H2,1H3/t20-,21-. The van der Waals surface area contributed by atoms with Crippen molar-refractivity contribution in [1.29, 1.82) is 0 Å². The molecule has 2 aromatic rings. The van der Waals surface area contributed by atoms with Crippen LogP contribution in [0.15, 0.2) is 48.5 Å². The summed E-state index contributed by atoms with van der Waals surface area (Å²) in [6.07, 6.45) is 13.7. The molecule has 0 heterocycles. The largest absolute Gasteiger partial charge is 0.435 e. The summed E-state index contributed by atoms with van der Waals surface area (Å²) in [5.74, 6) is 2.06. The van der Waals surface area contributed by atoms with Crippen LogP contribution in [0.1, 0.15) is 70.3 Å². The Morgan fingerprint density at radius 2 is 1.34 bits per heavy atom. The molecule has 0 amide bonds. The molecule has 1 aliphatic rings. The molecule has 3 heteroatoms. The molecule has 1 aliphatic carbocycles. The van der Waals surface area contributed by atoms with Crippen molar-refractivity contribution in [1.82, 2.24) is 0 Å². The molecule has 0 aromatic heterocycles. The van der Waals surface area contributed by atoms with Gasteiger partial charge < -0.3 is 4.74 Å². The molecule has 29 heavy (non-hydrogen) atoms. The summed E-state index contributed by atoms with van der Waals surface area (Å²) in [6.45, 7) is -0.499. The van der Waals surface area contributed by atoms with E-state index in [9.17, 15) is 8.78 Å². The topological polar surface area (TPSA) is 9.23 Å². The molecule has 158 valence electrons. The van der Waals surface area contributed by atoms with Crippen LogP contribution in [0.3, 0.4) is 0 Å². The summed E-state index contributed by atoms with van der Waals surface area (Å²) < 4.78 is 28.9. The Kier molecular flexibility index (Phi) is 8.52. The Morgan fingerprint density at radius 3 is 1.90 bits per heavy atom. The Labute approximate surface area is 174 Å². The van der Waals surface area contributed by atoms with E-state index in [1.54, 1.807) is 12.1 Å². The van der Waals surface area contributed by atoms with Crippen molar-refractivity contribution in [3.8, 4) is 16.9 Å². The first kappa shape index (κ1) is 21.8. The Hall–Kier alpha value is -1.90. The van der Waals surface area contributed by atoms with Crippen molar-refractivity contribution in [2.24, 2.45) is 11.8 Å². The van der Waals surface area contributed by atoms with Crippen LogP contribution >= 0.6 is 0 Å². The van der Waals surface area contributed by atoms with Gasteiger partial charge in [0.15, 0.2) is 0 Å². The quantitative estimate of drug-likeness (QED) is 0.365. The fourth-order valence-electron chi connectivity index (χ4n) is 4.56. The lowest BCUT2D eigenvalue weighted by Crippen LogP contribution is -2.15. The molecule has 1 fully saturated rings. The molecule has 2 aromatic carbocycles. The van der Waals surface area contributed by atoms with E-state index in [2.05, 4.69) is 35.9 Å². The molecule has 0 spiro atoms. The third-order valence-corrected chi connectivity index (χ3v) is 6.39. The van der Waals surface area contributed by atoms with Crippen LogP contribution in [0.4, 0.5) is 8.78 Å². The van der Waals surface area contributed by atoms with Gasteiger partial charge >= 0.3 is 6.61 Å². The predicted molar refractivity (Wildman–Crippen MR) is 116 cm³/mol. The summed E-state index contributed by atoms with van der Waals surface area (Å²) in [6, 6.07) is 15.5. The van der Waals surface area contributed by atoms with Gasteiger partial charge in [-0.15, -0.1) is 0 Å². The number of rotatable bonds is 10. The van der Waals surface area contributed by atoms with Gasteiger partial charge in [-0.1, -0.05) is 94.7 Å². The van der Waals surface area contributed by atoms with E-state index in [-0.39, 0.29) is 5.75 Å². The van der Waals surface area contributed by atoms with Gasteiger partial charge in [0, 0.05) is 0 Å². The third-order valence-electron chi connectivity index (χ3n) is 6.39. The number of aryl methyl sites for hydroxylation is 1. The lowest BCUT2D eigenvalue weighted by molar-refractivity contribution is -0.0498. The van der Waals surface area contributed by atoms with Gasteiger partial charge in [-0.25, -0.2) is 0 Å². The van der Waals surface area contributed by atoms with Crippen LogP contribution in [-0.2, 0) is 6.42 Å². The number of benzene rings is 2. The van der Waals surface area contributed by atoms with Crippen molar-refractivity contribution in [2.75, 3.05) is 0 Å². The van der Waals surface area contributed by atoms with Crippen molar-refractivity contribution >= 4 is 0 Å². The second-order valence-electron chi connectivity index (χ2n) is 8.52. The van der Waals surface area contributed by atoms with Crippen molar-refractivity contribution in [3.63, 3.8) is 0 Å². The third kappa shape index (κ3) is 7.13.